The van der Waals surface area contributed by atoms with Crippen molar-refractivity contribution >= 4 is 5.91 Å². The zero-order valence-corrected chi connectivity index (χ0v) is 8.60. The van der Waals surface area contributed by atoms with Crippen LogP contribution in [0.25, 0.3) is 0 Å². The number of hydrogen-bond donors (Lipinski definition) is 2. The van der Waals surface area contributed by atoms with Gasteiger partial charge in [0.15, 0.2) is 0 Å². The summed E-state index contributed by atoms with van der Waals surface area (Å²) in [5.74, 6) is 0.967. The molecule has 0 aromatic carbocycles. The number of piperidine rings is 1. The van der Waals surface area contributed by atoms with E-state index in [-0.39, 0.29) is 11.8 Å². The lowest BCUT2D eigenvalue weighted by atomic mass is 9.99. The minimum atomic E-state index is 0.201. The molecular weight excluding hydrogens is 164 g/mol. The number of amides is 1. The van der Waals surface area contributed by atoms with E-state index in [9.17, 15) is 4.79 Å². The van der Waals surface area contributed by atoms with Crippen molar-refractivity contribution in [1.82, 2.24) is 10.6 Å². The van der Waals surface area contributed by atoms with Crippen LogP contribution in [0, 0.1) is 11.8 Å². The van der Waals surface area contributed by atoms with Gasteiger partial charge in [-0.25, -0.2) is 0 Å². The highest BCUT2D eigenvalue weighted by Gasteiger charge is 2.20. The average Bonchev–Trinajstić information content (AvgIpc) is 2.15. The third-order valence-electron chi connectivity index (χ3n) is 2.35. The maximum atomic E-state index is 11.6. The Balaban J connectivity index is 2.21. The average molecular weight is 184 g/mol. The Kier molecular flexibility index (Phi) is 4.22. The largest absolute Gasteiger partial charge is 0.356 e. The third kappa shape index (κ3) is 3.77. The van der Waals surface area contributed by atoms with Gasteiger partial charge in [0.05, 0.1) is 5.92 Å². The van der Waals surface area contributed by atoms with E-state index >= 15 is 0 Å². The van der Waals surface area contributed by atoms with Crippen molar-refractivity contribution in [3.05, 3.63) is 0 Å². The molecule has 1 heterocycles. The summed E-state index contributed by atoms with van der Waals surface area (Å²) >= 11 is 0. The summed E-state index contributed by atoms with van der Waals surface area (Å²) in [6.45, 7) is 6.94. The van der Waals surface area contributed by atoms with Crippen molar-refractivity contribution < 1.29 is 4.79 Å². The second kappa shape index (κ2) is 5.22. The van der Waals surface area contributed by atoms with Gasteiger partial charge in [0.25, 0.3) is 0 Å². The van der Waals surface area contributed by atoms with Crippen LogP contribution in [0.15, 0.2) is 0 Å². The fourth-order valence-electron chi connectivity index (χ4n) is 1.52. The summed E-state index contributed by atoms with van der Waals surface area (Å²) in [6.07, 6.45) is 2.16. The van der Waals surface area contributed by atoms with Crippen LogP contribution in [0.4, 0.5) is 0 Å². The fourth-order valence-corrected chi connectivity index (χ4v) is 1.52. The van der Waals surface area contributed by atoms with Gasteiger partial charge >= 0.3 is 0 Å². The molecule has 2 N–H and O–H groups in total. The second-order valence-corrected chi connectivity index (χ2v) is 4.18. The summed E-state index contributed by atoms with van der Waals surface area (Å²) in [6, 6.07) is 0. The number of rotatable bonds is 3. The molecule has 1 aliphatic heterocycles. The molecular formula is C10H20N2O. The molecule has 1 atom stereocenters. The van der Waals surface area contributed by atoms with Gasteiger partial charge in [0.2, 0.25) is 5.91 Å². The van der Waals surface area contributed by atoms with E-state index in [2.05, 4.69) is 24.5 Å². The predicted molar refractivity (Wildman–Crippen MR) is 53.4 cm³/mol. The maximum absolute atomic E-state index is 11.6. The quantitative estimate of drug-likeness (QED) is 0.680. The van der Waals surface area contributed by atoms with Crippen LogP contribution in [-0.4, -0.2) is 25.5 Å². The first-order valence-electron chi connectivity index (χ1n) is 5.18. The van der Waals surface area contributed by atoms with E-state index < -0.39 is 0 Å². The Morgan fingerprint density at radius 2 is 2.38 bits per heavy atom. The Morgan fingerprint density at radius 1 is 1.62 bits per heavy atom. The monoisotopic (exact) mass is 184 g/mol. The molecule has 0 aliphatic carbocycles. The van der Waals surface area contributed by atoms with Crippen LogP contribution in [0.5, 0.6) is 0 Å². The lowest BCUT2D eigenvalue weighted by Crippen LogP contribution is -2.41. The Bertz CT molecular complexity index is 162. The van der Waals surface area contributed by atoms with Crippen LogP contribution < -0.4 is 10.6 Å². The molecule has 76 valence electrons. The van der Waals surface area contributed by atoms with E-state index in [0.29, 0.717) is 5.92 Å². The highest BCUT2D eigenvalue weighted by molar-refractivity contribution is 5.78. The zero-order chi connectivity index (χ0) is 9.68. The Morgan fingerprint density at radius 3 is 2.92 bits per heavy atom. The van der Waals surface area contributed by atoms with Crippen molar-refractivity contribution in [2.45, 2.75) is 26.7 Å². The standard InChI is InChI=1S/C10H20N2O/c1-8(2)6-12-10(13)9-4-3-5-11-7-9/h8-9,11H,3-7H2,1-2H3,(H,12,13)/t9-/m0/s1. The van der Waals surface area contributed by atoms with Crippen LogP contribution >= 0.6 is 0 Å². The second-order valence-electron chi connectivity index (χ2n) is 4.18. The highest BCUT2D eigenvalue weighted by Crippen LogP contribution is 2.09. The van der Waals surface area contributed by atoms with E-state index in [1.165, 1.54) is 0 Å². The van der Waals surface area contributed by atoms with Crippen molar-refractivity contribution in [2.75, 3.05) is 19.6 Å². The van der Waals surface area contributed by atoms with Gasteiger partial charge in [0, 0.05) is 13.1 Å². The molecule has 0 aromatic heterocycles. The molecule has 0 aromatic rings. The molecule has 1 amide bonds. The van der Waals surface area contributed by atoms with Gasteiger partial charge in [-0.2, -0.15) is 0 Å². The maximum Gasteiger partial charge on any atom is 0.224 e. The van der Waals surface area contributed by atoms with Crippen molar-refractivity contribution in [3.8, 4) is 0 Å². The molecule has 1 fully saturated rings. The Labute approximate surface area is 80.3 Å². The van der Waals surface area contributed by atoms with Crippen LogP contribution in [0.3, 0.4) is 0 Å². The summed E-state index contributed by atoms with van der Waals surface area (Å²) in [4.78, 5) is 11.6. The molecule has 3 heteroatoms. The lowest BCUT2D eigenvalue weighted by Gasteiger charge is -2.22. The molecule has 1 saturated heterocycles. The number of carbonyl (C=O) groups is 1. The third-order valence-corrected chi connectivity index (χ3v) is 2.35. The van der Waals surface area contributed by atoms with E-state index in [1.807, 2.05) is 0 Å². The normalized spacial score (nSPS) is 23.2. The summed E-state index contributed by atoms with van der Waals surface area (Å²) in [5.41, 5.74) is 0. The highest BCUT2D eigenvalue weighted by atomic mass is 16.1. The zero-order valence-electron chi connectivity index (χ0n) is 8.60. The van der Waals surface area contributed by atoms with Gasteiger partial charge in [-0.05, 0) is 25.3 Å². The molecule has 0 unspecified atom stereocenters. The van der Waals surface area contributed by atoms with Gasteiger partial charge < -0.3 is 10.6 Å². The molecule has 13 heavy (non-hydrogen) atoms. The minimum Gasteiger partial charge on any atom is -0.356 e. The van der Waals surface area contributed by atoms with Gasteiger partial charge in [-0.15, -0.1) is 0 Å². The summed E-state index contributed by atoms with van der Waals surface area (Å²) < 4.78 is 0. The van der Waals surface area contributed by atoms with E-state index in [4.69, 9.17) is 0 Å². The summed E-state index contributed by atoms with van der Waals surface area (Å²) in [7, 11) is 0. The van der Waals surface area contributed by atoms with Crippen LogP contribution in [0.1, 0.15) is 26.7 Å². The first-order valence-corrected chi connectivity index (χ1v) is 5.18. The molecule has 3 nitrogen and oxygen atoms in total. The molecule has 0 radical (unpaired) electrons. The SMILES string of the molecule is CC(C)CNC(=O)[C@H]1CCCNC1. The van der Waals surface area contributed by atoms with E-state index in [1.54, 1.807) is 0 Å². The fraction of sp³-hybridized carbons (Fsp3) is 0.900. The van der Waals surface area contributed by atoms with Gasteiger partial charge in [0.1, 0.15) is 0 Å². The number of carbonyl (C=O) groups excluding carboxylic acids is 1. The lowest BCUT2D eigenvalue weighted by molar-refractivity contribution is -0.125. The van der Waals surface area contributed by atoms with Crippen LogP contribution in [0.2, 0.25) is 0 Å². The molecule has 1 aliphatic rings. The van der Waals surface area contributed by atoms with Crippen molar-refractivity contribution in [2.24, 2.45) is 11.8 Å². The van der Waals surface area contributed by atoms with Crippen LogP contribution in [-0.2, 0) is 4.79 Å². The predicted octanol–water partition coefficient (Wildman–Crippen LogP) is 0.758. The minimum absolute atomic E-state index is 0.201. The first-order chi connectivity index (χ1) is 6.20. The molecule has 0 saturated carbocycles. The number of hydrogen-bond acceptors (Lipinski definition) is 2. The summed E-state index contributed by atoms with van der Waals surface area (Å²) in [5, 5.41) is 6.22. The van der Waals surface area contributed by atoms with E-state index in [0.717, 1.165) is 32.5 Å². The van der Waals surface area contributed by atoms with Gasteiger partial charge in [-0.3, -0.25) is 4.79 Å². The molecule has 0 spiro atoms. The smallest absolute Gasteiger partial charge is 0.224 e. The first kappa shape index (κ1) is 10.5. The topological polar surface area (TPSA) is 41.1 Å². The molecule has 1 rings (SSSR count). The van der Waals surface area contributed by atoms with Crippen molar-refractivity contribution in [1.29, 1.82) is 0 Å². The van der Waals surface area contributed by atoms with Gasteiger partial charge in [-0.1, -0.05) is 13.8 Å². The van der Waals surface area contributed by atoms with Crippen molar-refractivity contribution in [3.63, 3.8) is 0 Å². The molecule has 0 bridgehead atoms. The Hall–Kier alpha value is -0.570. The number of nitrogens with one attached hydrogen (secondary N) is 2.